The average Bonchev–Trinajstić information content (AvgIpc) is 2.57. The smallest absolute Gasteiger partial charge is 0.320 e. The van der Waals surface area contributed by atoms with Gasteiger partial charge in [0.1, 0.15) is 6.04 Å². The minimum absolute atomic E-state index is 0.187. The minimum atomic E-state index is -1.05. The molecule has 0 aromatic heterocycles. The number of carboxylic acids is 1. The van der Waals surface area contributed by atoms with Gasteiger partial charge in [0, 0.05) is 26.2 Å². The van der Waals surface area contributed by atoms with Crippen LogP contribution in [0.3, 0.4) is 0 Å². The van der Waals surface area contributed by atoms with E-state index in [-0.39, 0.29) is 19.0 Å². The SMILES string of the molecule is N[C@@H](CCNC(=O)N1CCCOCC1)C(=O)O. The number of nitrogens with one attached hydrogen (secondary N) is 1. The molecule has 0 aromatic carbocycles. The standard InChI is InChI=1S/C10H19N3O4/c11-8(9(14)15)2-3-12-10(16)13-4-1-6-17-7-5-13/h8H,1-7,11H2,(H,12,16)(H,14,15)/t8-/m0/s1. The monoisotopic (exact) mass is 245 g/mol. The van der Waals surface area contributed by atoms with Gasteiger partial charge in [-0.2, -0.15) is 0 Å². The fourth-order valence-electron chi connectivity index (χ4n) is 1.52. The first-order valence-corrected chi connectivity index (χ1v) is 5.70. The summed E-state index contributed by atoms with van der Waals surface area (Å²) in [5, 5.41) is 11.2. The van der Waals surface area contributed by atoms with Gasteiger partial charge in [0.2, 0.25) is 0 Å². The van der Waals surface area contributed by atoms with Crippen LogP contribution in [-0.2, 0) is 9.53 Å². The minimum Gasteiger partial charge on any atom is -0.480 e. The Morgan fingerprint density at radius 3 is 2.88 bits per heavy atom. The lowest BCUT2D eigenvalue weighted by Gasteiger charge is -2.20. The normalized spacial score (nSPS) is 18.3. The molecule has 98 valence electrons. The number of hydrogen-bond donors (Lipinski definition) is 3. The number of nitrogens with zero attached hydrogens (tertiary/aromatic N) is 1. The Morgan fingerprint density at radius 1 is 1.41 bits per heavy atom. The fraction of sp³-hybridized carbons (Fsp3) is 0.800. The topological polar surface area (TPSA) is 105 Å². The molecule has 0 unspecified atom stereocenters. The molecule has 1 atom stereocenters. The number of rotatable bonds is 4. The first-order valence-electron chi connectivity index (χ1n) is 5.70. The number of nitrogens with two attached hydrogens (primary N) is 1. The second kappa shape index (κ2) is 7.08. The van der Waals surface area contributed by atoms with Crippen LogP contribution >= 0.6 is 0 Å². The van der Waals surface area contributed by atoms with Crippen molar-refractivity contribution in [1.82, 2.24) is 10.2 Å². The number of hydrogen-bond acceptors (Lipinski definition) is 4. The van der Waals surface area contributed by atoms with Crippen LogP contribution in [0.4, 0.5) is 4.79 Å². The molecule has 0 spiro atoms. The number of aliphatic carboxylic acids is 1. The first-order chi connectivity index (χ1) is 8.11. The van der Waals surface area contributed by atoms with E-state index in [4.69, 9.17) is 15.6 Å². The lowest BCUT2D eigenvalue weighted by molar-refractivity contribution is -0.138. The highest BCUT2D eigenvalue weighted by atomic mass is 16.5. The second-order valence-electron chi connectivity index (χ2n) is 3.92. The zero-order valence-corrected chi connectivity index (χ0v) is 9.72. The van der Waals surface area contributed by atoms with Crippen molar-refractivity contribution in [2.24, 2.45) is 5.73 Å². The van der Waals surface area contributed by atoms with Gasteiger partial charge >= 0.3 is 12.0 Å². The highest BCUT2D eigenvalue weighted by molar-refractivity contribution is 5.75. The Labute approximate surface area is 99.9 Å². The molecule has 1 aliphatic rings. The van der Waals surface area contributed by atoms with E-state index in [2.05, 4.69) is 5.32 Å². The molecule has 0 saturated carbocycles. The molecule has 0 aromatic rings. The van der Waals surface area contributed by atoms with E-state index in [1.165, 1.54) is 0 Å². The van der Waals surface area contributed by atoms with Crippen LogP contribution in [0.2, 0.25) is 0 Å². The van der Waals surface area contributed by atoms with Crippen molar-refractivity contribution >= 4 is 12.0 Å². The molecular weight excluding hydrogens is 226 g/mol. The van der Waals surface area contributed by atoms with E-state index in [9.17, 15) is 9.59 Å². The van der Waals surface area contributed by atoms with Gasteiger partial charge in [0.05, 0.1) is 6.61 Å². The Kier molecular flexibility index (Phi) is 5.71. The maximum Gasteiger partial charge on any atom is 0.320 e. The molecule has 0 aliphatic carbocycles. The summed E-state index contributed by atoms with van der Waals surface area (Å²) in [6.45, 7) is 2.72. The van der Waals surface area contributed by atoms with Crippen molar-refractivity contribution < 1.29 is 19.4 Å². The zero-order valence-electron chi connectivity index (χ0n) is 9.72. The van der Waals surface area contributed by atoms with Crippen molar-refractivity contribution in [2.45, 2.75) is 18.9 Å². The number of carbonyl (C=O) groups excluding carboxylic acids is 1. The number of carbonyl (C=O) groups is 2. The fourth-order valence-corrected chi connectivity index (χ4v) is 1.52. The van der Waals surface area contributed by atoms with Gasteiger partial charge in [-0.25, -0.2) is 4.79 Å². The maximum absolute atomic E-state index is 11.7. The molecule has 0 bridgehead atoms. The van der Waals surface area contributed by atoms with Crippen LogP contribution in [0.1, 0.15) is 12.8 Å². The molecule has 2 amide bonds. The van der Waals surface area contributed by atoms with Crippen molar-refractivity contribution in [3.8, 4) is 0 Å². The Morgan fingerprint density at radius 2 is 2.18 bits per heavy atom. The summed E-state index contributed by atoms with van der Waals surface area (Å²) in [6, 6.07) is -1.11. The van der Waals surface area contributed by atoms with Crippen LogP contribution in [0.15, 0.2) is 0 Å². The van der Waals surface area contributed by atoms with E-state index < -0.39 is 12.0 Å². The third kappa shape index (κ3) is 5.01. The van der Waals surface area contributed by atoms with Gasteiger partial charge in [-0.15, -0.1) is 0 Å². The molecule has 1 rings (SSSR count). The van der Waals surface area contributed by atoms with E-state index >= 15 is 0 Å². The zero-order chi connectivity index (χ0) is 12.7. The predicted molar refractivity (Wildman–Crippen MR) is 60.6 cm³/mol. The van der Waals surface area contributed by atoms with Crippen LogP contribution in [0, 0.1) is 0 Å². The van der Waals surface area contributed by atoms with Crippen LogP contribution in [0.5, 0.6) is 0 Å². The summed E-state index contributed by atoms with van der Waals surface area (Å²) < 4.78 is 5.23. The van der Waals surface area contributed by atoms with Gasteiger partial charge in [-0.3, -0.25) is 4.79 Å². The molecule has 1 fully saturated rings. The van der Waals surface area contributed by atoms with Crippen LogP contribution in [0.25, 0.3) is 0 Å². The Hall–Kier alpha value is -1.34. The van der Waals surface area contributed by atoms with E-state index in [1.807, 2.05) is 0 Å². The van der Waals surface area contributed by atoms with Gasteiger partial charge < -0.3 is 25.8 Å². The summed E-state index contributed by atoms with van der Waals surface area (Å²) in [6.07, 6.45) is 1.05. The van der Waals surface area contributed by atoms with Crippen molar-refractivity contribution in [2.75, 3.05) is 32.8 Å². The summed E-state index contributed by atoms with van der Waals surface area (Å²) in [4.78, 5) is 23.8. The Bertz CT molecular complexity index is 264. The number of amides is 2. The van der Waals surface area contributed by atoms with Crippen molar-refractivity contribution in [3.05, 3.63) is 0 Å². The average molecular weight is 245 g/mol. The van der Waals surface area contributed by atoms with Gasteiger partial charge in [0.15, 0.2) is 0 Å². The van der Waals surface area contributed by atoms with Gasteiger partial charge in [0.25, 0.3) is 0 Å². The lowest BCUT2D eigenvalue weighted by atomic mass is 10.2. The quantitative estimate of drug-likeness (QED) is 0.602. The van der Waals surface area contributed by atoms with Gasteiger partial charge in [-0.1, -0.05) is 0 Å². The molecule has 1 heterocycles. The highest BCUT2D eigenvalue weighted by Crippen LogP contribution is 1.99. The van der Waals surface area contributed by atoms with E-state index in [0.29, 0.717) is 26.3 Å². The molecule has 4 N–H and O–H groups in total. The molecule has 0 radical (unpaired) electrons. The maximum atomic E-state index is 11.7. The summed E-state index contributed by atoms with van der Waals surface area (Å²) >= 11 is 0. The summed E-state index contributed by atoms with van der Waals surface area (Å²) in [7, 11) is 0. The third-order valence-electron chi connectivity index (χ3n) is 2.56. The van der Waals surface area contributed by atoms with Crippen molar-refractivity contribution in [1.29, 1.82) is 0 Å². The van der Waals surface area contributed by atoms with Crippen molar-refractivity contribution in [3.63, 3.8) is 0 Å². The second-order valence-corrected chi connectivity index (χ2v) is 3.92. The molecule has 17 heavy (non-hydrogen) atoms. The van der Waals surface area contributed by atoms with Gasteiger partial charge in [-0.05, 0) is 12.8 Å². The molecule has 1 saturated heterocycles. The largest absolute Gasteiger partial charge is 0.480 e. The molecular formula is C10H19N3O4. The summed E-state index contributed by atoms with van der Waals surface area (Å²) in [5.41, 5.74) is 5.32. The lowest BCUT2D eigenvalue weighted by Crippen LogP contribution is -2.43. The molecule has 7 heteroatoms. The van der Waals surface area contributed by atoms with Crippen LogP contribution in [-0.4, -0.2) is 60.9 Å². The molecule has 1 aliphatic heterocycles. The van der Waals surface area contributed by atoms with E-state index in [1.54, 1.807) is 4.90 Å². The van der Waals surface area contributed by atoms with E-state index in [0.717, 1.165) is 6.42 Å². The first kappa shape index (κ1) is 13.7. The third-order valence-corrected chi connectivity index (χ3v) is 2.56. The number of ether oxygens (including phenoxy) is 1. The molecule has 7 nitrogen and oxygen atoms in total. The predicted octanol–water partition coefficient (Wildman–Crippen LogP) is -0.780. The summed E-state index contributed by atoms with van der Waals surface area (Å²) in [5.74, 6) is -1.05. The Balaban J connectivity index is 2.21. The number of urea groups is 1. The highest BCUT2D eigenvalue weighted by Gasteiger charge is 2.16. The van der Waals surface area contributed by atoms with Crippen LogP contribution < -0.4 is 11.1 Å². The number of carboxylic acid groups (broad SMARTS) is 1.